The number of carbonyl (C=O) groups excluding carboxylic acids is 1. The van der Waals surface area contributed by atoms with Gasteiger partial charge in [0.1, 0.15) is 4.60 Å². The average Bonchev–Trinajstić information content (AvgIpc) is 2.33. The van der Waals surface area contributed by atoms with Crippen LogP contribution in [0.2, 0.25) is 0 Å². The van der Waals surface area contributed by atoms with Crippen LogP contribution in [0.5, 0.6) is 0 Å². The summed E-state index contributed by atoms with van der Waals surface area (Å²) in [6, 6.07) is 10.3. The highest BCUT2D eigenvalue weighted by Crippen LogP contribution is 2.12. The smallest absolute Gasteiger partial charge is 0.255 e. The van der Waals surface area contributed by atoms with E-state index in [-0.39, 0.29) is 5.91 Å². The van der Waals surface area contributed by atoms with E-state index in [0.29, 0.717) is 16.9 Å². The Hall–Kier alpha value is -1.88. The van der Waals surface area contributed by atoms with Crippen molar-refractivity contribution in [3.8, 4) is 0 Å². The fourth-order valence-electron chi connectivity index (χ4n) is 1.29. The maximum atomic E-state index is 11.8. The standard InChI is InChI=1S/C12H10BrN3O/c13-11-6-5-10(7-15-11)16-12(17)8-1-3-9(14)4-2-8/h1-7H,14H2,(H,16,17). The lowest BCUT2D eigenvalue weighted by atomic mass is 10.2. The number of carbonyl (C=O) groups is 1. The van der Waals surface area contributed by atoms with Gasteiger partial charge in [-0.1, -0.05) is 0 Å². The van der Waals surface area contributed by atoms with Crippen molar-refractivity contribution in [2.45, 2.75) is 0 Å². The highest BCUT2D eigenvalue weighted by molar-refractivity contribution is 9.10. The first-order valence-electron chi connectivity index (χ1n) is 4.93. The highest BCUT2D eigenvalue weighted by Gasteiger charge is 2.05. The molecule has 3 N–H and O–H groups in total. The van der Waals surface area contributed by atoms with Crippen LogP contribution in [-0.2, 0) is 0 Å². The molecule has 0 saturated heterocycles. The summed E-state index contributed by atoms with van der Waals surface area (Å²) in [5, 5.41) is 2.74. The minimum absolute atomic E-state index is 0.186. The fraction of sp³-hybridized carbons (Fsp3) is 0. The van der Waals surface area contributed by atoms with Crippen molar-refractivity contribution >= 4 is 33.2 Å². The lowest BCUT2D eigenvalue weighted by molar-refractivity contribution is 0.102. The molecule has 2 rings (SSSR count). The molecule has 0 radical (unpaired) electrons. The molecule has 1 amide bonds. The minimum atomic E-state index is -0.186. The molecule has 5 heteroatoms. The minimum Gasteiger partial charge on any atom is -0.399 e. The van der Waals surface area contributed by atoms with E-state index in [1.807, 2.05) is 0 Å². The highest BCUT2D eigenvalue weighted by atomic mass is 79.9. The molecule has 0 fully saturated rings. The summed E-state index contributed by atoms with van der Waals surface area (Å²) in [6.45, 7) is 0. The number of aromatic nitrogens is 1. The monoisotopic (exact) mass is 291 g/mol. The van der Waals surface area contributed by atoms with Gasteiger partial charge >= 0.3 is 0 Å². The van der Waals surface area contributed by atoms with Gasteiger partial charge in [0.05, 0.1) is 11.9 Å². The number of nitrogens with two attached hydrogens (primary N) is 1. The van der Waals surface area contributed by atoms with E-state index in [0.717, 1.165) is 4.60 Å². The zero-order valence-electron chi connectivity index (χ0n) is 8.85. The van der Waals surface area contributed by atoms with Crippen LogP contribution in [-0.4, -0.2) is 10.9 Å². The zero-order chi connectivity index (χ0) is 12.3. The van der Waals surface area contributed by atoms with Crippen molar-refractivity contribution in [3.63, 3.8) is 0 Å². The van der Waals surface area contributed by atoms with Gasteiger partial charge in [0.25, 0.3) is 5.91 Å². The number of benzene rings is 1. The Balaban J connectivity index is 2.11. The second-order valence-electron chi connectivity index (χ2n) is 3.45. The van der Waals surface area contributed by atoms with Crippen LogP contribution in [0.3, 0.4) is 0 Å². The summed E-state index contributed by atoms with van der Waals surface area (Å²) in [4.78, 5) is 15.8. The second kappa shape index (κ2) is 4.97. The molecule has 0 saturated carbocycles. The van der Waals surface area contributed by atoms with Crippen molar-refractivity contribution in [2.24, 2.45) is 0 Å². The van der Waals surface area contributed by atoms with Gasteiger partial charge in [0.15, 0.2) is 0 Å². The molecular formula is C12H10BrN3O. The van der Waals surface area contributed by atoms with Crippen molar-refractivity contribution in [1.29, 1.82) is 0 Å². The third-order valence-electron chi connectivity index (χ3n) is 2.16. The first-order valence-corrected chi connectivity index (χ1v) is 5.73. The predicted molar refractivity (Wildman–Crippen MR) is 70.7 cm³/mol. The Labute approximate surface area is 107 Å². The molecule has 0 aliphatic rings. The normalized spacial score (nSPS) is 9.94. The first-order chi connectivity index (χ1) is 8.15. The SMILES string of the molecule is Nc1ccc(C(=O)Nc2ccc(Br)nc2)cc1. The van der Waals surface area contributed by atoms with Crippen LogP contribution in [0.15, 0.2) is 47.2 Å². The Bertz CT molecular complexity index is 522. The number of hydrogen-bond donors (Lipinski definition) is 2. The molecule has 0 aliphatic carbocycles. The molecule has 0 spiro atoms. The summed E-state index contributed by atoms with van der Waals surface area (Å²) < 4.78 is 0.725. The number of amides is 1. The van der Waals surface area contributed by atoms with Crippen LogP contribution in [0.25, 0.3) is 0 Å². The Morgan fingerprint density at radius 3 is 2.47 bits per heavy atom. The Morgan fingerprint density at radius 1 is 1.18 bits per heavy atom. The van der Waals surface area contributed by atoms with E-state index >= 15 is 0 Å². The Kier molecular flexibility index (Phi) is 3.39. The summed E-state index contributed by atoms with van der Waals surface area (Å²) in [7, 11) is 0. The number of rotatable bonds is 2. The van der Waals surface area contributed by atoms with E-state index in [4.69, 9.17) is 5.73 Å². The molecule has 86 valence electrons. The van der Waals surface area contributed by atoms with E-state index in [1.165, 1.54) is 0 Å². The number of anilines is 2. The van der Waals surface area contributed by atoms with Crippen LogP contribution in [0.1, 0.15) is 10.4 Å². The van der Waals surface area contributed by atoms with Gasteiger partial charge in [-0.25, -0.2) is 4.98 Å². The fourth-order valence-corrected chi connectivity index (χ4v) is 1.52. The molecular weight excluding hydrogens is 282 g/mol. The predicted octanol–water partition coefficient (Wildman–Crippen LogP) is 2.68. The maximum Gasteiger partial charge on any atom is 0.255 e. The Morgan fingerprint density at radius 2 is 1.88 bits per heavy atom. The van der Waals surface area contributed by atoms with Crippen LogP contribution in [0.4, 0.5) is 11.4 Å². The third-order valence-corrected chi connectivity index (χ3v) is 2.63. The van der Waals surface area contributed by atoms with Crippen molar-refractivity contribution in [1.82, 2.24) is 4.98 Å². The molecule has 17 heavy (non-hydrogen) atoms. The molecule has 4 nitrogen and oxygen atoms in total. The number of pyridine rings is 1. The lowest BCUT2D eigenvalue weighted by Gasteiger charge is -2.04. The van der Waals surface area contributed by atoms with Gasteiger partial charge in [-0.15, -0.1) is 0 Å². The van der Waals surface area contributed by atoms with Crippen LogP contribution < -0.4 is 11.1 Å². The summed E-state index contributed by atoms with van der Waals surface area (Å²) >= 11 is 3.23. The lowest BCUT2D eigenvalue weighted by Crippen LogP contribution is -2.11. The maximum absolute atomic E-state index is 11.8. The van der Waals surface area contributed by atoms with E-state index in [1.54, 1.807) is 42.6 Å². The number of halogens is 1. The van der Waals surface area contributed by atoms with E-state index < -0.39 is 0 Å². The van der Waals surface area contributed by atoms with Crippen LogP contribution >= 0.6 is 15.9 Å². The largest absolute Gasteiger partial charge is 0.399 e. The molecule has 0 bridgehead atoms. The van der Waals surface area contributed by atoms with Gasteiger partial charge in [-0.05, 0) is 52.3 Å². The molecule has 1 aromatic carbocycles. The average molecular weight is 292 g/mol. The van der Waals surface area contributed by atoms with E-state index in [2.05, 4.69) is 26.2 Å². The molecule has 0 atom stereocenters. The van der Waals surface area contributed by atoms with Crippen molar-refractivity contribution in [2.75, 3.05) is 11.1 Å². The second-order valence-corrected chi connectivity index (χ2v) is 4.26. The number of nitrogens with one attached hydrogen (secondary N) is 1. The van der Waals surface area contributed by atoms with Crippen molar-refractivity contribution < 1.29 is 4.79 Å². The molecule has 0 aliphatic heterocycles. The quantitative estimate of drug-likeness (QED) is 0.660. The van der Waals surface area contributed by atoms with Gasteiger partial charge in [0.2, 0.25) is 0 Å². The van der Waals surface area contributed by atoms with Crippen molar-refractivity contribution in [3.05, 3.63) is 52.8 Å². The topological polar surface area (TPSA) is 68.0 Å². The summed E-state index contributed by atoms with van der Waals surface area (Å²) in [6.07, 6.45) is 1.58. The molecule has 1 heterocycles. The van der Waals surface area contributed by atoms with Gasteiger partial charge in [-0.3, -0.25) is 4.79 Å². The van der Waals surface area contributed by atoms with Gasteiger partial charge in [-0.2, -0.15) is 0 Å². The number of nitrogens with zero attached hydrogens (tertiary/aromatic N) is 1. The zero-order valence-corrected chi connectivity index (χ0v) is 10.4. The molecule has 1 aromatic heterocycles. The molecule has 0 unspecified atom stereocenters. The van der Waals surface area contributed by atoms with Gasteiger partial charge < -0.3 is 11.1 Å². The number of nitrogen functional groups attached to an aromatic ring is 1. The first kappa shape index (κ1) is 11.6. The van der Waals surface area contributed by atoms with E-state index in [9.17, 15) is 4.79 Å². The summed E-state index contributed by atoms with van der Waals surface area (Å²) in [5.74, 6) is -0.186. The number of hydrogen-bond acceptors (Lipinski definition) is 3. The summed E-state index contributed by atoms with van der Waals surface area (Å²) in [5.41, 5.74) is 7.39. The van der Waals surface area contributed by atoms with Crippen LogP contribution in [0, 0.1) is 0 Å². The third kappa shape index (κ3) is 3.04. The van der Waals surface area contributed by atoms with Gasteiger partial charge in [0, 0.05) is 11.3 Å². The molecule has 2 aromatic rings.